The van der Waals surface area contributed by atoms with Crippen LogP contribution in [0.3, 0.4) is 0 Å². The van der Waals surface area contributed by atoms with Crippen LogP contribution in [0.25, 0.3) is 0 Å². The van der Waals surface area contributed by atoms with E-state index in [2.05, 4.69) is 10.1 Å². The normalized spacial score (nSPS) is 16.7. The first-order valence-corrected chi connectivity index (χ1v) is 6.00. The molecule has 0 radical (unpaired) electrons. The van der Waals surface area contributed by atoms with E-state index in [0.29, 0.717) is 18.2 Å². The van der Waals surface area contributed by atoms with Gasteiger partial charge in [-0.05, 0) is 30.9 Å². The first kappa shape index (κ1) is 13.1. The van der Waals surface area contributed by atoms with Gasteiger partial charge in [-0.25, -0.2) is 0 Å². The molecule has 0 amide bonds. The summed E-state index contributed by atoms with van der Waals surface area (Å²) in [5.41, 5.74) is 0.590. The van der Waals surface area contributed by atoms with Crippen LogP contribution >= 0.6 is 0 Å². The predicted molar refractivity (Wildman–Crippen MR) is 65.1 cm³/mol. The molecule has 100 valence electrons. The minimum Gasteiger partial charge on any atom is -0.433 e. The highest BCUT2D eigenvalue weighted by atomic mass is 19.3. The topological polar surface area (TPSA) is 30.5 Å². The molecule has 1 aliphatic carbocycles. The molecule has 18 heavy (non-hydrogen) atoms. The molecule has 0 aromatic heterocycles. The van der Waals surface area contributed by atoms with Gasteiger partial charge in [-0.3, -0.25) is 0 Å². The minimum absolute atomic E-state index is 0.150. The van der Waals surface area contributed by atoms with Gasteiger partial charge in [0.05, 0.1) is 18.3 Å². The summed E-state index contributed by atoms with van der Waals surface area (Å²) in [6.45, 7) is -2.25. The lowest BCUT2D eigenvalue weighted by atomic mass is 10.2. The fourth-order valence-electron chi connectivity index (χ4n) is 1.96. The summed E-state index contributed by atoms with van der Waals surface area (Å²) in [6.07, 6.45) is 2.30. The molecule has 0 saturated heterocycles. The molecule has 1 aliphatic rings. The standard InChI is InChI=1S/C13H17F2NO2/c1-17-8-11(9-6-7-9)16-10-4-2-3-5-12(10)18-13(14)15/h2-5,9,11,13,16H,6-8H2,1H3. The second-order valence-electron chi connectivity index (χ2n) is 4.42. The Morgan fingerprint density at radius 3 is 2.67 bits per heavy atom. The summed E-state index contributed by atoms with van der Waals surface area (Å²) in [7, 11) is 1.64. The number of alkyl halides is 2. The number of nitrogens with one attached hydrogen (secondary N) is 1. The molecule has 5 heteroatoms. The number of ether oxygens (including phenoxy) is 2. The molecular formula is C13H17F2NO2. The van der Waals surface area contributed by atoms with E-state index in [0.717, 1.165) is 12.8 Å². The summed E-state index contributed by atoms with van der Waals surface area (Å²) in [6, 6.07) is 6.88. The van der Waals surface area contributed by atoms with Crippen LogP contribution in [0.15, 0.2) is 24.3 Å². The van der Waals surface area contributed by atoms with Crippen molar-refractivity contribution in [3.05, 3.63) is 24.3 Å². The largest absolute Gasteiger partial charge is 0.433 e. The monoisotopic (exact) mass is 257 g/mol. The summed E-state index contributed by atoms with van der Waals surface area (Å²) < 4.78 is 34.2. The Morgan fingerprint density at radius 2 is 2.06 bits per heavy atom. The molecule has 0 spiro atoms. The zero-order valence-corrected chi connectivity index (χ0v) is 10.2. The molecule has 2 rings (SSSR count). The number of hydrogen-bond acceptors (Lipinski definition) is 3. The van der Waals surface area contributed by atoms with E-state index in [4.69, 9.17) is 4.74 Å². The molecule has 0 bridgehead atoms. The maximum atomic E-state index is 12.3. The van der Waals surface area contributed by atoms with Crippen molar-refractivity contribution in [1.82, 2.24) is 0 Å². The Hall–Kier alpha value is -1.36. The number of para-hydroxylation sites is 2. The lowest BCUT2D eigenvalue weighted by Crippen LogP contribution is -2.27. The van der Waals surface area contributed by atoms with Crippen molar-refractivity contribution in [3.63, 3.8) is 0 Å². The number of hydrogen-bond donors (Lipinski definition) is 1. The van der Waals surface area contributed by atoms with Crippen LogP contribution in [0.5, 0.6) is 5.75 Å². The van der Waals surface area contributed by atoms with Crippen molar-refractivity contribution in [1.29, 1.82) is 0 Å². The fourth-order valence-corrected chi connectivity index (χ4v) is 1.96. The van der Waals surface area contributed by atoms with Crippen molar-refractivity contribution >= 4 is 5.69 Å². The first-order chi connectivity index (χ1) is 8.70. The van der Waals surface area contributed by atoms with Gasteiger partial charge in [0.2, 0.25) is 0 Å². The smallest absolute Gasteiger partial charge is 0.387 e. The maximum absolute atomic E-state index is 12.3. The van der Waals surface area contributed by atoms with Crippen LogP contribution < -0.4 is 10.1 Å². The SMILES string of the molecule is COCC(Nc1ccccc1OC(F)F)C1CC1. The highest BCUT2D eigenvalue weighted by Gasteiger charge is 2.31. The van der Waals surface area contributed by atoms with Gasteiger partial charge in [0, 0.05) is 7.11 Å². The summed E-state index contributed by atoms with van der Waals surface area (Å²) in [4.78, 5) is 0. The van der Waals surface area contributed by atoms with Gasteiger partial charge in [-0.15, -0.1) is 0 Å². The van der Waals surface area contributed by atoms with Crippen molar-refractivity contribution in [2.75, 3.05) is 19.0 Å². The number of anilines is 1. The highest BCUT2D eigenvalue weighted by Crippen LogP contribution is 2.36. The van der Waals surface area contributed by atoms with Crippen molar-refractivity contribution < 1.29 is 18.3 Å². The Morgan fingerprint density at radius 1 is 1.33 bits per heavy atom. The van der Waals surface area contributed by atoms with Crippen LogP contribution in [0.1, 0.15) is 12.8 Å². The van der Waals surface area contributed by atoms with E-state index in [1.165, 1.54) is 6.07 Å². The fraction of sp³-hybridized carbons (Fsp3) is 0.538. The molecule has 0 heterocycles. The summed E-state index contributed by atoms with van der Waals surface area (Å²) in [5, 5.41) is 3.23. The average Bonchev–Trinajstić information content (AvgIpc) is 3.14. The molecule has 1 unspecified atom stereocenters. The van der Waals surface area contributed by atoms with E-state index in [1.807, 2.05) is 0 Å². The van der Waals surface area contributed by atoms with Crippen LogP contribution in [0.2, 0.25) is 0 Å². The maximum Gasteiger partial charge on any atom is 0.387 e. The molecule has 1 N–H and O–H groups in total. The summed E-state index contributed by atoms with van der Waals surface area (Å²) >= 11 is 0. The van der Waals surface area contributed by atoms with Gasteiger partial charge in [0.15, 0.2) is 0 Å². The third-order valence-electron chi connectivity index (χ3n) is 2.98. The number of rotatable bonds is 7. The zero-order chi connectivity index (χ0) is 13.0. The van der Waals surface area contributed by atoms with Gasteiger partial charge < -0.3 is 14.8 Å². The van der Waals surface area contributed by atoms with Crippen LogP contribution in [-0.2, 0) is 4.74 Å². The number of halogens is 2. The third kappa shape index (κ3) is 3.57. The van der Waals surface area contributed by atoms with E-state index in [1.54, 1.807) is 25.3 Å². The predicted octanol–water partition coefficient (Wildman–Crippen LogP) is 3.12. The molecule has 1 aromatic carbocycles. The van der Waals surface area contributed by atoms with Gasteiger partial charge in [-0.2, -0.15) is 8.78 Å². The lowest BCUT2D eigenvalue weighted by Gasteiger charge is -2.20. The molecule has 1 aromatic rings. The van der Waals surface area contributed by atoms with E-state index in [9.17, 15) is 8.78 Å². The molecule has 1 saturated carbocycles. The molecule has 0 aliphatic heterocycles. The van der Waals surface area contributed by atoms with Crippen LogP contribution in [0.4, 0.5) is 14.5 Å². The van der Waals surface area contributed by atoms with Gasteiger partial charge in [0.25, 0.3) is 0 Å². The van der Waals surface area contributed by atoms with Gasteiger partial charge in [0.1, 0.15) is 5.75 Å². The van der Waals surface area contributed by atoms with Gasteiger partial charge >= 0.3 is 6.61 Å². The average molecular weight is 257 g/mol. The van der Waals surface area contributed by atoms with E-state index in [-0.39, 0.29) is 11.8 Å². The zero-order valence-electron chi connectivity index (χ0n) is 10.2. The van der Waals surface area contributed by atoms with Crippen molar-refractivity contribution in [2.24, 2.45) is 5.92 Å². The number of methoxy groups -OCH3 is 1. The minimum atomic E-state index is -2.81. The van der Waals surface area contributed by atoms with Crippen LogP contribution in [-0.4, -0.2) is 26.4 Å². The van der Waals surface area contributed by atoms with Crippen molar-refractivity contribution in [3.8, 4) is 5.75 Å². The Balaban J connectivity index is 2.06. The third-order valence-corrected chi connectivity index (χ3v) is 2.98. The molecule has 1 fully saturated rings. The van der Waals surface area contributed by atoms with Crippen LogP contribution in [0, 0.1) is 5.92 Å². The Bertz CT molecular complexity index is 383. The van der Waals surface area contributed by atoms with E-state index >= 15 is 0 Å². The van der Waals surface area contributed by atoms with Gasteiger partial charge in [-0.1, -0.05) is 12.1 Å². The van der Waals surface area contributed by atoms with E-state index < -0.39 is 6.61 Å². The molecule has 1 atom stereocenters. The Labute approximate surface area is 105 Å². The summed E-state index contributed by atoms with van der Waals surface area (Å²) in [5.74, 6) is 0.735. The molecular weight excluding hydrogens is 240 g/mol. The molecule has 3 nitrogen and oxygen atoms in total. The lowest BCUT2D eigenvalue weighted by molar-refractivity contribution is -0.0494. The second-order valence-corrected chi connectivity index (χ2v) is 4.42. The highest BCUT2D eigenvalue weighted by molar-refractivity contribution is 5.57. The first-order valence-electron chi connectivity index (χ1n) is 6.00. The van der Waals surface area contributed by atoms with Crippen molar-refractivity contribution in [2.45, 2.75) is 25.5 Å². The second kappa shape index (κ2) is 6.00. The quantitative estimate of drug-likeness (QED) is 0.814. The Kier molecular flexibility index (Phi) is 4.36. The number of benzene rings is 1.